The first kappa shape index (κ1) is 13.7. The first-order valence-corrected chi connectivity index (χ1v) is 6.79. The molecule has 2 heteroatoms. The molecule has 1 fully saturated rings. The smallest absolute Gasteiger partial charge is 0.127 e. The molecule has 0 saturated carbocycles. The van der Waals surface area contributed by atoms with Crippen molar-refractivity contribution in [1.82, 2.24) is 4.90 Å². The van der Waals surface area contributed by atoms with Gasteiger partial charge in [0.2, 0.25) is 0 Å². The summed E-state index contributed by atoms with van der Waals surface area (Å²) in [6, 6.07) is 0.631. The first-order valence-electron chi connectivity index (χ1n) is 6.79. The van der Waals surface area contributed by atoms with Crippen LogP contribution in [0.3, 0.4) is 0 Å². The number of likely N-dealkylation sites (tertiary alicyclic amines) is 1. The fourth-order valence-corrected chi connectivity index (χ4v) is 2.73. The molecule has 16 heavy (non-hydrogen) atoms. The molecule has 2 unspecified atom stereocenters. The van der Waals surface area contributed by atoms with Crippen molar-refractivity contribution in [1.29, 1.82) is 0 Å². The minimum atomic E-state index is -0.106. The highest BCUT2D eigenvalue weighted by atomic mass is 16.1. The molecular weight excluding hydrogens is 198 g/mol. The van der Waals surface area contributed by atoms with E-state index in [1.807, 2.05) is 0 Å². The molecule has 0 N–H and O–H groups in total. The number of hydrogen-bond donors (Lipinski definition) is 0. The zero-order chi connectivity index (χ0) is 12.2. The summed E-state index contributed by atoms with van der Waals surface area (Å²) in [5, 5.41) is 0. The number of aldehydes is 1. The standard InChI is InChI=1S/C14H27NO/c1-5-14(6-2,11-16)10-15-9-7-8-12(3)13(15)4/h11-13H,5-10H2,1-4H3. The summed E-state index contributed by atoms with van der Waals surface area (Å²) in [5.41, 5.74) is -0.106. The van der Waals surface area contributed by atoms with Crippen LogP contribution < -0.4 is 0 Å². The predicted molar refractivity (Wildman–Crippen MR) is 68.5 cm³/mol. The van der Waals surface area contributed by atoms with Crippen molar-refractivity contribution in [3.05, 3.63) is 0 Å². The SMILES string of the molecule is CCC(C=O)(CC)CN1CCCC(C)C1C. The molecule has 0 bridgehead atoms. The van der Waals surface area contributed by atoms with Crippen molar-refractivity contribution < 1.29 is 4.79 Å². The van der Waals surface area contributed by atoms with Crippen molar-refractivity contribution in [2.45, 2.75) is 59.4 Å². The summed E-state index contributed by atoms with van der Waals surface area (Å²) in [7, 11) is 0. The number of carbonyl (C=O) groups excluding carboxylic acids is 1. The second kappa shape index (κ2) is 5.81. The number of carbonyl (C=O) groups is 1. The van der Waals surface area contributed by atoms with E-state index in [9.17, 15) is 4.79 Å². The number of hydrogen-bond acceptors (Lipinski definition) is 2. The molecule has 0 aliphatic carbocycles. The van der Waals surface area contributed by atoms with Gasteiger partial charge in [-0.2, -0.15) is 0 Å². The molecule has 1 heterocycles. The topological polar surface area (TPSA) is 20.3 Å². The van der Waals surface area contributed by atoms with E-state index < -0.39 is 0 Å². The molecule has 0 aromatic carbocycles. The second-order valence-electron chi connectivity index (χ2n) is 5.52. The molecule has 1 saturated heterocycles. The van der Waals surface area contributed by atoms with Crippen LogP contribution in [0.2, 0.25) is 0 Å². The third-order valence-electron chi connectivity index (χ3n) is 4.68. The van der Waals surface area contributed by atoms with Crippen LogP contribution in [0.15, 0.2) is 0 Å². The Labute approximate surface area is 100 Å². The fourth-order valence-electron chi connectivity index (χ4n) is 2.73. The van der Waals surface area contributed by atoms with Crippen molar-refractivity contribution in [2.24, 2.45) is 11.3 Å². The van der Waals surface area contributed by atoms with Gasteiger partial charge in [0.1, 0.15) is 6.29 Å². The molecule has 0 amide bonds. The molecule has 94 valence electrons. The van der Waals surface area contributed by atoms with Gasteiger partial charge < -0.3 is 4.79 Å². The Kier molecular flexibility index (Phi) is 4.97. The molecular formula is C14H27NO. The molecule has 1 aliphatic rings. The molecule has 2 atom stereocenters. The Balaban J connectivity index is 2.66. The summed E-state index contributed by atoms with van der Waals surface area (Å²) in [4.78, 5) is 13.8. The molecule has 0 radical (unpaired) electrons. The van der Waals surface area contributed by atoms with Crippen LogP contribution in [0.1, 0.15) is 53.4 Å². The van der Waals surface area contributed by atoms with E-state index in [1.165, 1.54) is 25.7 Å². The normalized spacial score (nSPS) is 28.0. The van der Waals surface area contributed by atoms with E-state index in [1.54, 1.807) is 0 Å². The van der Waals surface area contributed by atoms with Gasteiger partial charge in [-0.1, -0.05) is 20.8 Å². The van der Waals surface area contributed by atoms with E-state index in [0.29, 0.717) is 6.04 Å². The lowest BCUT2D eigenvalue weighted by atomic mass is 9.81. The Morgan fingerprint density at radius 2 is 1.94 bits per heavy atom. The molecule has 1 rings (SSSR count). The Morgan fingerprint density at radius 3 is 2.44 bits per heavy atom. The molecule has 0 aromatic heterocycles. The van der Waals surface area contributed by atoms with E-state index >= 15 is 0 Å². The van der Waals surface area contributed by atoms with Gasteiger partial charge in [-0.15, -0.1) is 0 Å². The van der Waals surface area contributed by atoms with Gasteiger partial charge in [0.25, 0.3) is 0 Å². The minimum absolute atomic E-state index is 0.106. The molecule has 0 aromatic rings. The average Bonchev–Trinajstić information content (AvgIpc) is 2.32. The third-order valence-corrected chi connectivity index (χ3v) is 4.68. The maximum absolute atomic E-state index is 11.3. The lowest BCUT2D eigenvalue weighted by Gasteiger charge is -2.42. The fraction of sp³-hybridized carbons (Fsp3) is 0.929. The van der Waals surface area contributed by atoms with Crippen LogP contribution >= 0.6 is 0 Å². The van der Waals surface area contributed by atoms with Gasteiger partial charge in [0.05, 0.1) is 0 Å². The molecule has 0 spiro atoms. The van der Waals surface area contributed by atoms with Crippen LogP contribution in [0.4, 0.5) is 0 Å². The quantitative estimate of drug-likeness (QED) is 0.670. The van der Waals surface area contributed by atoms with Crippen LogP contribution in [0.25, 0.3) is 0 Å². The van der Waals surface area contributed by atoms with Crippen LogP contribution in [0.5, 0.6) is 0 Å². The van der Waals surface area contributed by atoms with Crippen LogP contribution in [-0.4, -0.2) is 30.3 Å². The largest absolute Gasteiger partial charge is 0.303 e. The monoisotopic (exact) mass is 225 g/mol. The van der Waals surface area contributed by atoms with E-state index in [0.717, 1.165) is 25.3 Å². The molecule has 1 aliphatic heterocycles. The average molecular weight is 225 g/mol. The number of piperidine rings is 1. The van der Waals surface area contributed by atoms with Crippen molar-refractivity contribution in [2.75, 3.05) is 13.1 Å². The van der Waals surface area contributed by atoms with Gasteiger partial charge in [0.15, 0.2) is 0 Å². The van der Waals surface area contributed by atoms with E-state index in [4.69, 9.17) is 0 Å². The van der Waals surface area contributed by atoms with E-state index in [2.05, 4.69) is 32.6 Å². The number of nitrogens with zero attached hydrogens (tertiary/aromatic N) is 1. The summed E-state index contributed by atoms with van der Waals surface area (Å²) in [5.74, 6) is 0.770. The van der Waals surface area contributed by atoms with Gasteiger partial charge in [-0.05, 0) is 45.1 Å². The predicted octanol–water partition coefficient (Wildman–Crippen LogP) is 3.11. The molecule has 2 nitrogen and oxygen atoms in total. The third kappa shape index (κ3) is 2.85. The lowest BCUT2D eigenvalue weighted by molar-refractivity contribution is -0.118. The van der Waals surface area contributed by atoms with Gasteiger partial charge in [0, 0.05) is 18.0 Å². The zero-order valence-electron chi connectivity index (χ0n) is 11.3. The lowest BCUT2D eigenvalue weighted by Crippen LogP contribution is -2.48. The highest BCUT2D eigenvalue weighted by Crippen LogP contribution is 2.30. The maximum Gasteiger partial charge on any atom is 0.127 e. The number of rotatable bonds is 5. The highest BCUT2D eigenvalue weighted by molar-refractivity contribution is 5.59. The Morgan fingerprint density at radius 1 is 1.31 bits per heavy atom. The van der Waals surface area contributed by atoms with Gasteiger partial charge in [-0.3, -0.25) is 4.90 Å². The Bertz CT molecular complexity index is 223. The first-order chi connectivity index (χ1) is 7.58. The van der Waals surface area contributed by atoms with Gasteiger partial charge in [-0.25, -0.2) is 0 Å². The summed E-state index contributed by atoms with van der Waals surface area (Å²) in [6.07, 6.45) is 5.74. The zero-order valence-corrected chi connectivity index (χ0v) is 11.3. The highest BCUT2D eigenvalue weighted by Gasteiger charge is 2.33. The van der Waals surface area contributed by atoms with Crippen molar-refractivity contribution >= 4 is 6.29 Å². The summed E-state index contributed by atoms with van der Waals surface area (Å²) >= 11 is 0. The second-order valence-corrected chi connectivity index (χ2v) is 5.52. The maximum atomic E-state index is 11.3. The van der Waals surface area contributed by atoms with Crippen LogP contribution in [0, 0.1) is 11.3 Å². The summed E-state index contributed by atoms with van der Waals surface area (Å²) in [6.45, 7) is 11.0. The van der Waals surface area contributed by atoms with E-state index in [-0.39, 0.29) is 5.41 Å². The van der Waals surface area contributed by atoms with Gasteiger partial charge >= 0.3 is 0 Å². The van der Waals surface area contributed by atoms with Crippen LogP contribution in [-0.2, 0) is 4.79 Å². The van der Waals surface area contributed by atoms with Crippen molar-refractivity contribution in [3.63, 3.8) is 0 Å². The Hall–Kier alpha value is -0.370. The van der Waals surface area contributed by atoms with Crippen molar-refractivity contribution in [3.8, 4) is 0 Å². The minimum Gasteiger partial charge on any atom is -0.303 e. The summed E-state index contributed by atoms with van der Waals surface area (Å²) < 4.78 is 0.